The molecule has 0 bridgehead atoms. The average Bonchev–Trinajstić information content (AvgIpc) is 2.33. The molecular weight excluding hydrogens is 284 g/mol. The monoisotopic (exact) mass is 298 g/mol. The lowest BCUT2D eigenvalue weighted by molar-refractivity contribution is -0.144. The largest absolute Gasteiger partial charge is 0.481 e. The molecule has 0 saturated carbocycles. The Hall–Kier alpha value is -0.870. The molecule has 0 radical (unpaired) electrons. The Morgan fingerprint density at radius 3 is 2.59 bits per heavy atom. The van der Waals surface area contributed by atoms with Crippen LogP contribution >= 0.6 is 15.9 Å². The highest BCUT2D eigenvalue weighted by Crippen LogP contribution is 2.29. The van der Waals surface area contributed by atoms with Crippen LogP contribution in [0.15, 0.2) is 28.7 Å². The fraction of sp³-hybridized carbons (Fsp3) is 0.462. The summed E-state index contributed by atoms with van der Waals surface area (Å²) in [7, 11) is 0. The van der Waals surface area contributed by atoms with Crippen molar-refractivity contribution in [1.82, 2.24) is 0 Å². The zero-order valence-electron chi connectivity index (χ0n) is 9.43. The summed E-state index contributed by atoms with van der Waals surface area (Å²) in [5.74, 6) is -1.36. The van der Waals surface area contributed by atoms with Gasteiger partial charge in [-0.2, -0.15) is 0 Å². The maximum Gasteiger partial charge on any atom is 0.313 e. The lowest BCUT2D eigenvalue weighted by Crippen LogP contribution is -2.31. The Bertz CT molecular complexity index is 382. The third kappa shape index (κ3) is 3.07. The molecule has 3 nitrogen and oxygen atoms in total. The summed E-state index contributed by atoms with van der Waals surface area (Å²) in [4.78, 5) is 11.4. The molecule has 0 aliphatic carbocycles. The molecule has 2 unspecified atom stereocenters. The van der Waals surface area contributed by atoms with Crippen LogP contribution in [-0.4, -0.2) is 23.8 Å². The second kappa shape index (κ2) is 5.65. The first kappa shape index (κ1) is 12.6. The van der Waals surface area contributed by atoms with Crippen LogP contribution < -0.4 is 0 Å². The average molecular weight is 299 g/mol. The molecule has 1 aliphatic heterocycles. The van der Waals surface area contributed by atoms with Crippen molar-refractivity contribution in [3.8, 4) is 0 Å². The molecule has 0 spiro atoms. The van der Waals surface area contributed by atoms with Gasteiger partial charge in [-0.3, -0.25) is 4.79 Å². The van der Waals surface area contributed by atoms with Crippen molar-refractivity contribution in [2.24, 2.45) is 0 Å². The molecule has 1 heterocycles. The van der Waals surface area contributed by atoms with Crippen LogP contribution in [0.1, 0.15) is 30.7 Å². The highest BCUT2D eigenvalue weighted by molar-refractivity contribution is 9.10. The van der Waals surface area contributed by atoms with Gasteiger partial charge < -0.3 is 9.84 Å². The molecule has 1 aromatic rings. The zero-order valence-corrected chi connectivity index (χ0v) is 11.0. The molecule has 2 atom stereocenters. The SMILES string of the molecule is O=C(O)C(c1ccc(Br)cc1)C1CCCCO1. The summed E-state index contributed by atoms with van der Waals surface area (Å²) < 4.78 is 6.55. The Kier molecular flexibility index (Phi) is 4.18. The van der Waals surface area contributed by atoms with E-state index in [0.717, 1.165) is 29.3 Å². The minimum Gasteiger partial charge on any atom is -0.481 e. The summed E-state index contributed by atoms with van der Waals surface area (Å²) in [6.45, 7) is 0.672. The van der Waals surface area contributed by atoms with Gasteiger partial charge in [-0.25, -0.2) is 0 Å². The second-order valence-electron chi connectivity index (χ2n) is 4.27. The third-order valence-electron chi connectivity index (χ3n) is 3.08. The first-order valence-electron chi connectivity index (χ1n) is 5.78. The summed E-state index contributed by atoms with van der Waals surface area (Å²) >= 11 is 3.35. The normalized spacial score (nSPS) is 22.1. The van der Waals surface area contributed by atoms with E-state index in [9.17, 15) is 9.90 Å². The highest BCUT2D eigenvalue weighted by atomic mass is 79.9. The lowest BCUT2D eigenvalue weighted by Gasteiger charge is -2.28. The summed E-state index contributed by atoms with van der Waals surface area (Å²) in [6, 6.07) is 7.43. The van der Waals surface area contributed by atoms with E-state index in [4.69, 9.17) is 4.74 Å². The van der Waals surface area contributed by atoms with Crippen LogP contribution in [0.3, 0.4) is 0 Å². The molecule has 1 aliphatic rings. The van der Waals surface area contributed by atoms with Gasteiger partial charge in [-0.15, -0.1) is 0 Å². The van der Waals surface area contributed by atoms with Crippen LogP contribution in [0.5, 0.6) is 0 Å². The van der Waals surface area contributed by atoms with Crippen molar-refractivity contribution in [2.75, 3.05) is 6.61 Å². The molecular formula is C13H15BrO3. The van der Waals surface area contributed by atoms with Crippen LogP contribution in [0.25, 0.3) is 0 Å². The topological polar surface area (TPSA) is 46.5 Å². The summed E-state index contributed by atoms with van der Waals surface area (Å²) in [5, 5.41) is 9.36. The van der Waals surface area contributed by atoms with Gasteiger partial charge in [0.2, 0.25) is 0 Å². The Morgan fingerprint density at radius 2 is 2.06 bits per heavy atom. The first-order valence-corrected chi connectivity index (χ1v) is 6.57. The maximum atomic E-state index is 11.4. The number of carboxylic acids is 1. The van der Waals surface area contributed by atoms with Gasteiger partial charge in [0, 0.05) is 11.1 Å². The molecule has 1 fully saturated rings. The predicted octanol–water partition coefficient (Wildman–Crippen LogP) is 3.19. The van der Waals surface area contributed by atoms with Crippen molar-refractivity contribution in [3.05, 3.63) is 34.3 Å². The van der Waals surface area contributed by atoms with Crippen LogP contribution in [0, 0.1) is 0 Å². The van der Waals surface area contributed by atoms with E-state index >= 15 is 0 Å². The number of aliphatic carboxylic acids is 1. The van der Waals surface area contributed by atoms with E-state index in [2.05, 4.69) is 15.9 Å². The molecule has 1 saturated heterocycles. The van der Waals surface area contributed by atoms with E-state index in [1.165, 1.54) is 0 Å². The highest BCUT2D eigenvalue weighted by Gasteiger charge is 2.31. The van der Waals surface area contributed by atoms with Gasteiger partial charge in [-0.05, 0) is 37.0 Å². The van der Waals surface area contributed by atoms with E-state index in [1.54, 1.807) is 0 Å². The van der Waals surface area contributed by atoms with Gasteiger partial charge in [-0.1, -0.05) is 28.1 Å². The fourth-order valence-electron chi connectivity index (χ4n) is 2.21. The van der Waals surface area contributed by atoms with E-state index < -0.39 is 11.9 Å². The van der Waals surface area contributed by atoms with Crippen LogP contribution in [0.2, 0.25) is 0 Å². The van der Waals surface area contributed by atoms with Crippen LogP contribution in [-0.2, 0) is 9.53 Å². The van der Waals surface area contributed by atoms with Crippen molar-refractivity contribution < 1.29 is 14.6 Å². The third-order valence-corrected chi connectivity index (χ3v) is 3.61. The van der Waals surface area contributed by atoms with Crippen molar-refractivity contribution in [1.29, 1.82) is 0 Å². The number of benzene rings is 1. The van der Waals surface area contributed by atoms with Gasteiger partial charge in [0.05, 0.1) is 6.10 Å². The number of carbonyl (C=O) groups is 1. The van der Waals surface area contributed by atoms with Gasteiger partial charge in [0.1, 0.15) is 5.92 Å². The molecule has 92 valence electrons. The van der Waals surface area contributed by atoms with Gasteiger partial charge in [0.15, 0.2) is 0 Å². The second-order valence-corrected chi connectivity index (χ2v) is 5.19. The number of rotatable bonds is 3. The Morgan fingerprint density at radius 1 is 1.35 bits per heavy atom. The standard InChI is InChI=1S/C13H15BrO3/c14-10-6-4-9(5-7-10)12(13(15)16)11-3-1-2-8-17-11/h4-7,11-12H,1-3,8H2,(H,15,16). The van der Waals surface area contributed by atoms with Gasteiger partial charge in [0.25, 0.3) is 0 Å². The van der Waals surface area contributed by atoms with Gasteiger partial charge >= 0.3 is 5.97 Å². The number of ether oxygens (including phenoxy) is 1. The van der Waals surface area contributed by atoms with E-state index in [-0.39, 0.29) is 6.10 Å². The van der Waals surface area contributed by atoms with Crippen molar-refractivity contribution in [2.45, 2.75) is 31.3 Å². The molecule has 1 aromatic carbocycles. The molecule has 0 aromatic heterocycles. The lowest BCUT2D eigenvalue weighted by atomic mass is 9.89. The zero-order chi connectivity index (χ0) is 12.3. The maximum absolute atomic E-state index is 11.4. The molecule has 17 heavy (non-hydrogen) atoms. The summed E-state index contributed by atoms with van der Waals surface area (Å²) in [5.41, 5.74) is 0.813. The van der Waals surface area contributed by atoms with Crippen molar-refractivity contribution in [3.63, 3.8) is 0 Å². The molecule has 4 heteroatoms. The number of hydrogen-bond acceptors (Lipinski definition) is 2. The van der Waals surface area contributed by atoms with Crippen molar-refractivity contribution >= 4 is 21.9 Å². The predicted molar refractivity (Wildman–Crippen MR) is 68.1 cm³/mol. The fourth-order valence-corrected chi connectivity index (χ4v) is 2.48. The Balaban J connectivity index is 2.21. The smallest absolute Gasteiger partial charge is 0.313 e. The van der Waals surface area contributed by atoms with Crippen LogP contribution in [0.4, 0.5) is 0 Å². The Labute approximate surface area is 109 Å². The minimum atomic E-state index is -0.806. The summed E-state index contributed by atoms with van der Waals surface area (Å²) in [6.07, 6.45) is 2.71. The molecule has 1 N–H and O–H groups in total. The number of halogens is 1. The molecule has 2 rings (SSSR count). The van der Waals surface area contributed by atoms with E-state index in [1.807, 2.05) is 24.3 Å². The van der Waals surface area contributed by atoms with E-state index in [0.29, 0.717) is 6.61 Å². The minimum absolute atomic E-state index is 0.192. The quantitative estimate of drug-likeness (QED) is 0.932. The first-order chi connectivity index (χ1) is 8.18. The number of carboxylic acid groups (broad SMARTS) is 1. The number of hydrogen-bond donors (Lipinski definition) is 1. The molecule has 0 amide bonds.